The van der Waals surface area contributed by atoms with E-state index in [-0.39, 0.29) is 17.5 Å². The molecule has 96 valence electrons. The SMILES string of the molecule is CC(C)(C)OC(=O)N1CCCC2(CC(=O)N2)C1. The maximum atomic E-state index is 11.9. The summed E-state index contributed by atoms with van der Waals surface area (Å²) in [5.74, 6) is 0.0797. The summed E-state index contributed by atoms with van der Waals surface area (Å²) in [6.45, 7) is 6.86. The van der Waals surface area contributed by atoms with Crippen LogP contribution in [-0.2, 0) is 9.53 Å². The van der Waals surface area contributed by atoms with E-state index in [1.54, 1.807) is 4.90 Å². The maximum absolute atomic E-state index is 11.9. The van der Waals surface area contributed by atoms with E-state index in [0.717, 1.165) is 12.8 Å². The van der Waals surface area contributed by atoms with Crippen molar-refractivity contribution in [2.24, 2.45) is 0 Å². The Morgan fingerprint density at radius 1 is 1.47 bits per heavy atom. The number of nitrogens with one attached hydrogen (secondary N) is 1. The van der Waals surface area contributed by atoms with Gasteiger partial charge in [-0.25, -0.2) is 4.79 Å². The number of hydrogen-bond acceptors (Lipinski definition) is 3. The van der Waals surface area contributed by atoms with Gasteiger partial charge in [-0.3, -0.25) is 4.79 Å². The lowest BCUT2D eigenvalue weighted by Crippen LogP contribution is -2.68. The van der Waals surface area contributed by atoms with Crippen LogP contribution in [0, 0.1) is 0 Å². The molecule has 17 heavy (non-hydrogen) atoms. The van der Waals surface area contributed by atoms with E-state index in [9.17, 15) is 9.59 Å². The summed E-state index contributed by atoms with van der Waals surface area (Å²) in [5.41, 5.74) is -0.642. The van der Waals surface area contributed by atoms with Gasteiger partial charge in [0.1, 0.15) is 5.60 Å². The average Bonchev–Trinajstić information content (AvgIpc) is 2.13. The quantitative estimate of drug-likeness (QED) is 0.649. The van der Waals surface area contributed by atoms with Gasteiger partial charge in [-0.1, -0.05) is 0 Å². The van der Waals surface area contributed by atoms with E-state index in [4.69, 9.17) is 4.74 Å². The highest BCUT2D eigenvalue weighted by Gasteiger charge is 2.47. The first-order valence-electron chi connectivity index (χ1n) is 6.09. The average molecular weight is 240 g/mol. The van der Waals surface area contributed by atoms with Crippen LogP contribution in [0.1, 0.15) is 40.0 Å². The van der Waals surface area contributed by atoms with E-state index in [0.29, 0.717) is 19.5 Å². The van der Waals surface area contributed by atoms with Crippen LogP contribution in [0.5, 0.6) is 0 Å². The third-order valence-electron chi connectivity index (χ3n) is 3.13. The highest BCUT2D eigenvalue weighted by Crippen LogP contribution is 2.31. The molecule has 0 aromatic heterocycles. The van der Waals surface area contributed by atoms with Crippen LogP contribution in [0.4, 0.5) is 4.79 Å². The van der Waals surface area contributed by atoms with E-state index in [1.807, 2.05) is 20.8 Å². The van der Waals surface area contributed by atoms with Crippen LogP contribution >= 0.6 is 0 Å². The minimum Gasteiger partial charge on any atom is -0.444 e. The smallest absolute Gasteiger partial charge is 0.410 e. The molecular formula is C12H20N2O3. The Kier molecular flexibility index (Phi) is 2.79. The number of ether oxygens (including phenoxy) is 1. The van der Waals surface area contributed by atoms with Crippen LogP contribution in [0.15, 0.2) is 0 Å². The van der Waals surface area contributed by atoms with Crippen molar-refractivity contribution in [2.45, 2.75) is 51.2 Å². The molecule has 2 heterocycles. The molecule has 2 amide bonds. The normalized spacial score (nSPS) is 28.6. The molecular weight excluding hydrogens is 220 g/mol. The molecule has 0 aromatic carbocycles. The molecule has 0 radical (unpaired) electrons. The number of likely N-dealkylation sites (tertiary alicyclic amines) is 1. The van der Waals surface area contributed by atoms with E-state index < -0.39 is 5.60 Å². The monoisotopic (exact) mass is 240 g/mol. The van der Waals surface area contributed by atoms with Crippen LogP contribution in [-0.4, -0.2) is 41.1 Å². The lowest BCUT2D eigenvalue weighted by Gasteiger charge is -2.48. The first-order chi connectivity index (χ1) is 7.80. The van der Waals surface area contributed by atoms with Crippen LogP contribution in [0.2, 0.25) is 0 Å². The number of hydrogen-bond donors (Lipinski definition) is 1. The number of piperidine rings is 1. The third-order valence-corrected chi connectivity index (χ3v) is 3.13. The van der Waals surface area contributed by atoms with Crippen molar-refractivity contribution in [3.05, 3.63) is 0 Å². The number of β-lactam (4-membered cyclic amide) rings is 1. The van der Waals surface area contributed by atoms with Gasteiger partial charge < -0.3 is 15.0 Å². The minimum absolute atomic E-state index is 0.0797. The predicted octanol–water partition coefficient (Wildman–Crippen LogP) is 1.28. The van der Waals surface area contributed by atoms with Crippen molar-refractivity contribution >= 4 is 12.0 Å². The Bertz CT molecular complexity index is 338. The Balaban J connectivity index is 1.94. The topological polar surface area (TPSA) is 58.6 Å². The Labute approximate surface area is 101 Å². The van der Waals surface area contributed by atoms with Gasteiger partial charge in [0.2, 0.25) is 5.91 Å². The van der Waals surface area contributed by atoms with Gasteiger partial charge in [0, 0.05) is 13.1 Å². The maximum Gasteiger partial charge on any atom is 0.410 e. The summed E-state index contributed by atoms with van der Waals surface area (Å²) in [4.78, 5) is 24.6. The third kappa shape index (κ3) is 2.70. The van der Waals surface area contributed by atoms with Gasteiger partial charge >= 0.3 is 6.09 Å². The number of carbonyl (C=O) groups excluding carboxylic acids is 2. The van der Waals surface area contributed by atoms with E-state index in [2.05, 4.69) is 5.32 Å². The van der Waals surface area contributed by atoms with E-state index >= 15 is 0 Å². The van der Waals surface area contributed by atoms with Gasteiger partial charge in [0.25, 0.3) is 0 Å². The minimum atomic E-state index is -0.468. The Hall–Kier alpha value is -1.26. The lowest BCUT2D eigenvalue weighted by atomic mass is 9.80. The summed E-state index contributed by atoms with van der Waals surface area (Å²) in [6.07, 6.45) is 2.13. The van der Waals surface area contributed by atoms with Crippen molar-refractivity contribution < 1.29 is 14.3 Å². The summed E-state index contributed by atoms with van der Waals surface area (Å²) >= 11 is 0. The fraction of sp³-hybridized carbons (Fsp3) is 0.833. The highest BCUT2D eigenvalue weighted by atomic mass is 16.6. The second-order valence-corrected chi connectivity index (χ2v) is 6.01. The fourth-order valence-electron chi connectivity index (χ4n) is 2.45. The van der Waals surface area contributed by atoms with E-state index in [1.165, 1.54) is 0 Å². The molecule has 0 aliphatic carbocycles. The number of carbonyl (C=O) groups is 2. The lowest BCUT2D eigenvalue weighted by molar-refractivity contribution is -0.135. The van der Waals surface area contributed by atoms with Crippen molar-refractivity contribution in [3.8, 4) is 0 Å². The Morgan fingerprint density at radius 3 is 2.65 bits per heavy atom. The molecule has 5 heteroatoms. The summed E-state index contributed by atoms with van der Waals surface area (Å²) in [5, 5.41) is 2.92. The van der Waals surface area contributed by atoms with Gasteiger partial charge in [0.05, 0.1) is 12.0 Å². The second kappa shape index (κ2) is 3.89. The standard InChI is InChI=1S/C12H20N2O3/c1-11(2,3)17-10(16)14-6-4-5-12(8-14)7-9(15)13-12/h4-8H2,1-3H3,(H,13,15). The molecule has 2 saturated heterocycles. The zero-order chi connectivity index (χ0) is 12.7. The fourth-order valence-corrected chi connectivity index (χ4v) is 2.45. The van der Waals surface area contributed by atoms with Gasteiger partial charge in [-0.2, -0.15) is 0 Å². The molecule has 1 spiro atoms. The molecule has 2 aliphatic rings. The molecule has 1 atom stereocenters. The largest absolute Gasteiger partial charge is 0.444 e. The van der Waals surface area contributed by atoms with Crippen LogP contribution < -0.4 is 5.32 Å². The molecule has 0 aromatic rings. The highest BCUT2D eigenvalue weighted by molar-refractivity contribution is 5.85. The van der Waals surface area contributed by atoms with Gasteiger partial charge in [-0.05, 0) is 33.6 Å². The molecule has 0 saturated carbocycles. The van der Waals surface area contributed by atoms with Crippen molar-refractivity contribution in [1.29, 1.82) is 0 Å². The summed E-state index contributed by atoms with van der Waals surface area (Å²) < 4.78 is 5.34. The molecule has 0 bridgehead atoms. The Morgan fingerprint density at radius 2 is 2.12 bits per heavy atom. The number of amides is 2. The molecule has 5 nitrogen and oxygen atoms in total. The molecule has 2 fully saturated rings. The first-order valence-corrected chi connectivity index (χ1v) is 6.09. The molecule has 1 unspecified atom stereocenters. The van der Waals surface area contributed by atoms with Gasteiger partial charge in [-0.15, -0.1) is 0 Å². The van der Waals surface area contributed by atoms with Gasteiger partial charge in [0.15, 0.2) is 0 Å². The predicted molar refractivity (Wildman–Crippen MR) is 62.5 cm³/mol. The van der Waals surface area contributed by atoms with Crippen molar-refractivity contribution in [1.82, 2.24) is 10.2 Å². The second-order valence-electron chi connectivity index (χ2n) is 6.01. The van der Waals surface area contributed by atoms with Crippen molar-refractivity contribution in [2.75, 3.05) is 13.1 Å². The molecule has 2 aliphatic heterocycles. The number of nitrogens with zero attached hydrogens (tertiary/aromatic N) is 1. The zero-order valence-electron chi connectivity index (χ0n) is 10.7. The summed E-state index contributed by atoms with van der Waals surface area (Å²) in [7, 11) is 0. The van der Waals surface area contributed by atoms with Crippen LogP contribution in [0.3, 0.4) is 0 Å². The molecule has 2 rings (SSSR count). The first kappa shape index (κ1) is 12.2. The zero-order valence-corrected chi connectivity index (χ0v) is 10.7. The molecule has 1 N–H and O–H groups in total. The summed E-state index contributed by atoms with van der Waals surface area (Å²) in [6, 6.07) is 0. The number of rotatable bonds is 0. The van der Waals surface area contributed by atoms with Crippen LogP contribution in [0.25, 0.3) is 0 Å². The van der Waals surface area contributed by atoms with Crippen molar-refractivity contribution in [3.63, 3.8) is 0 Å².